The van der Waals surface area contributed by atoms with E-state index in [4.69, 9.17) is 9.47 Å². The molecule has 0 fully saturated rings. The molecule has 1 N–H and O–H groups in total. The molecule has 0 spiro atoms. The number of benzene rings is 1. The number of amides is 1. The molecule has 6 heteroatoms. The van der Waals surface area contributed by atoms with E-state index < -0.39 is 11.9 Å². The predicted octanol–water partition coefficient (Wildman–Crippen LogP) is 2.00. The number of esters is 2. The minimum atomic E-state index is -0.636. The lowest BCUT2D eigenvalue weighted by molar-refractivity contribution is -0.114. The van der Waals surface area contributed by atoms with Crippen molar-refractivity contribution in [3.63, 3.8) is 0 Å². The first-order chi connectivity index (χ1) is 9.49. The molecule has 6 nitrogen and oxygen atoms in total. The van der Waals surface area contributed by atoms with Crippen LogP contribution >= 0.6 is 0 Å². The van der Waals surface area contributed by atoms with Crippen LogP contribution in [0.25, 0.3) is 0 Å². The standard InChI is InChI=1S/C14H17NO5/c1-4-19-13(17)11-7-6-10(15-9(3)16)8-12(11)14(18)20-5-2/h6-8H,4-5H2,1-3H3,(H,15,16). The van der Waals surface area contributed by atoms with Crippen LogP contribution in [0.15, 0.2) is 18.2 Å². The lowest BCUT2D eigenvalue weighted by Gasteiger charge is -2.10. The molecule has 1 aromatic carbocycles. The zero-order chi connectivity index (χ0) is 15.1. The number of carbonyl (C=O) groups excluding carboxylic acids is 3. The molecule has 0 aliphatic heterocycles. The number of nitrogens with one attached hydrogen (secondary N) is 1. The van der Waals surface area contributed by atoms with Crippen molar-refractivity contribution in [1.82, 2.24) is 0 Å². The van der Waals surface area contributed by atoms with Crippen LogP contribution in [0.2, 0.25) is 0 Å². The minimum Gasteiger partial charge on any atom is -0.462 e. The van der Waals surface area contributed by atoms with E-state index in [1.807, 2.05) is 0 Å². The first-order valence-electron chi connectivity index (χ1n) is 6.25. The second kappa shape index (κ2) is 7.28. The van der Waals surface area contributed by atoms with E-state index in [-0.39, 0.29) is 30.2 Å². The molecule has 0 saturated carbocycles. The molecular formula is C14H17NO5. The van der Waals surface area contributed by atoms with E-state index in [1.54, 1.807) is 13.8 Å². The average Bonchev–Trinajstić information content (AvgIpc) is 2.38. The third-order valence-corrected chi connectivity index (χ3v) is 2.33. The van der Waals surface area contributed by atoms with Crippen molar-refractivity contribution in [3.8, 4) is 0 Å². The summed E-state index contributed by atoms with van der Waals surface area (Å²) in [5.74, 6) is -1.52. The molecule has 0 bridgehead atoms. The Balaban J connectivity index is 3.18. The fourth-order valence-corrected chi connectivity index (χ4v) is 1.59. The highest BCUT2D eigenvalue weighted by molar-refractivity contribution is 6.04. The molecule has 1 aromatic rings. The number of rotatable bonds is 5. The second-order valence-electron chi connectivity index (χ2n) is 3.88. The molecule has 0 heterocycles. The van der Waals surface area contributed by atoms with Crippen molar-refractivity contribution >= 4 is 23.5 Å². The van der Waals surface area contributed by atoms with Gasteiger partial charge in [-0.05, 0) is 32.0 Å². The third kappa shape index (κ3) is 4.08. The maximum Gasteiger partial charge on any atom is 0.339 e. The Morgan fingerprint density at radius 1 is 1.00 bits per heavy atom. The van der Waals surface area contributed by atoms with Gasteiger partial charge in [-0.25, -0.2) is 9.59 Å². The van der Waals surface area contributed by atoms with Crippen LogP contribution in [0.4, 0.5) is 5.69 Å². The van der Waals surface area contributed by atoms with Gasteiger partial charge in [-0.15, -0.1) is 0 Å². The van der Waals surface area contributed by atoms with Gasteiger partial charge in [-0.2, -0.15) is 0 Å². The van der Waals surface area contributed by atoms with E-state index in [0.29, 0.717) is 5.69 Å². The SMILES string of the molecule is CCOC(=O)c1ccc(NC(C)=O)cc1C(=O)OCC. The summed E-state index contributed by atoms with van der Waals surface area (Å²) in [7, 11) is 0. The smallest absolute Gasteiger partial charge is 0.339 e. The Labute approximate surface area is 117 Å². The van der Waals surface area contributed by atoms with Gasteiger partial charge in [0.25, 0.3) is 0 Å². The van der Waals surface area contributed by atoms with Gasteiger partial charge in [0.2, 0.25) is 5.91 Å². The largest absolute Gasteiger partial charge is 0.462 e. The Morgan fingerprint density at radius 3 is 2.05 bits per heavy atom. The van der Waals surface area contributed by atoms with Gasteiger partial charge in [0.05, 0.1) is 24.3 Å². The molecule has 20 heavy (non-hydrogen) atoms. The summed E-state index contributed by atoms with van der Waals surface area (Å²) in [5, 5.41) is 2.54. The van der Waals surface area contributed by atoms with Crippen molar-refractivity contribution in [2.75, 3.05) is 18.5 Å². The van der Waals surface area contributed by atoms with Crippen LogP contribution < -0.4 is 5.32 Å². The van der Waals surface area contributed by atoms with Crippen LogP contribution in [0.1, 0.15) is 41.5 Å². The summed E-state index contributed by atoms with van der Waals surface area (Å²) in [6.07, 6.45) is 0. The Bertz CT molecular complexity index is 524. The van der Waals surface area contributed by atoms with Gasteiger partial charge in [0.1, 0.15) is 0 Å². The van der Waals surface area contributed by atoms with Crippen molar-refractivity contribution in [2.24, 2.45) is 0 Å². The number of ether oxygens (including phenoxy) is 2. The molecule has 0 aliphatic rings. The lowest BCUT2D eigenvalue weighted by Crippen LogP contribution is -2.15. The molecule has 0 aliphatic carbocycles. The summed E-state index contributed by atoms with van der Waals surface area (Å²) >= 11 is 0. The zero-order valence-electron chi connectivity index (χ0n) is 11.7. The summed E-state index contributed by atoms with van der Waals surface area (Å²) in [6.45, 7) is 5.08. The normalized spacial score (nSPS) is 9.75. The van der Waals surface area contributed by atoms with E-state index in [2.05, 4.69) is 5.32 Å². The number of hydrogen-bond donors (Lipinski definition) is 1. The Morgan fingerprint density at radius 2 is 1.55 bits per heavy atom. The van der Waals surface area contributed by atoms with Crippen molar-refractivity contribution in [1.29, 1.82) is 0 Å². The predicted molar refractivity (Wildman–Crippen MR) is 72.7 cm³/mol. The van der Waals surface area contributed by atoms with Crippen molar-refractivity contribution in [3.05, 3.63) is 29.3 Å². The van der Waals surface area contributed by atoms with Gasteiger partial charge >= 0.3 is 11.9 Å². The van der Waals surface area contributed by atoms with Crippen LogP contribution in [0.5, 0.6) is 0 Å². The highest BCUT2D eigenvalue weighted by Gasteiger charge is 2.20. The van der Waals surface area contributed by atoms with Crippen molar-refractivity contribution in [2.45, 2.75) is 20.8 Å². The fourth-order valence-electron chi connectivity index (χ4n) is 1.59. The minimum absolute atomic E-state index is 0.0663. The monoisotopic (exact) mass is 279 g/mol. The summed E-state index contributed by atoms with van der Waals surface area (Å²) in [5.41, 5.74) is 0.588. The number of hydrogen-bond acceptors (Lipinski definition) is 5. The Hall–Kier alpha value is -2.37. The molecule has 108 valence electrons. The van der Waals surface area contributed by atoms with Gasteiger partial charge in [0, 0.05) is 12.6 Å². The van der Waals surface area contributed by atoms with Gasteiger partial charge in [-0.3, -0.25) is 4.79 Å². The van der Waals surface area contributed by atoms with Crippen molar-refractivity contribution < 1.29 is 23.9 Å². The second-order valence-corrected chi connectivity index (χ2v) is 3.88. The summed E-state index contributed by atoms with van der Waals surface area (Å²) in [6, 6.07) is 4.34. The Kier molecular flexibility index (Phi) is 5.71. The molecular weight excluding hydrogens is 262 g/mol. The molecule has 1 rings (SSSR count). The maximum atomic E-state index is 11.9. The molecule has 0 radical (unpaired) electrons. The van der Waals surface area contributed by atoms with E-state index in [1.165, 1.54) is 25.1 Å². The molecule has 0 atom stereocenters. The van der Waals surface area contributed by atoms with E-state index >= 15 is 0 Å². The first-order valence-corrected chi connectivity index (χ1v) is 6.25. The maximum absolute atomic E-state index is 11.9. The molecule has 1 amide bonds. The molecule has 0 unspecified atom stereocenters. The van der Waals surface area contributed by atoms with Crippen LogP contribution in [0, 0.1) is 0 Å². The van der Waals surface area contributed by atoms with Crippen LogP contribution in [0.3, 0.4) is 0 Å². The number of carbonyl (C=O) groups is 3. The van der Waals surface area contributed by atoms with E-state index in [0.717, 1.165) is 0 Å². The van der Waals surface area contributed by atoms with E-state index in [9.17, 15) is 14.4 Å². The lowest BCUT2D eigenvalue weighted by atomic mass is 10.1. The fraction of sp³-hybridized carbons (Fsp3) is 0.357. The number of anilines is 1. The van der Waals surface area contributed by atoms with Gasteiger partial charge in [-0.1, -0.05) is 0 Å². The average molecular weight is 279 g/mol. The molecule has 0 aromatic heterocycles. The zero-order valence-corrected chi connectivity index (χ0v) is 11.7. The highest BCUT2D eigenvalue weighted by Crippen LogP contribution is 2.18. The van der Waals surface area contributed by atoms with Crippen LogP contribution in [-0.2, 0) is 14.3 Å². The quantitative estimate of drug-likeness (QED) is 0.834. The van der Waals surface area contributed by atoms with Gasteiger partial charge in [0.15, 0.2) is 0 Å². The summed E-state index contributed by atoms with van der Waals surface area (Å²) < 4.78 is 9.78. The summed E-state index contributed by atoms with van der Waals surface area (Å²) in [4.78, 5) is 34.7. The third-order valence-electron chi connectivity index (χ3n) is 2.33. The highest BCUT2D eigenvalue weighted by atomic mass is 16.5. The first kappa shape index (κ1) is 15.7. The topological polar surface area (TPSA) is 81.7 Å². The van der Waals surface area contributed by atoms with Gasteiger partial charge < -0.3 is 14.8 Å². The molecule has 0 saturated heterocycles. The van der Waals surface area contributed by atoms with Crippen LogP contribution in [-0.4, -0.2) is 31.1 Å².